The van der Waals surface area contributed by atoms with E-state index in [2.05, 4.69) is 21.2 Å². The number of halogens is 4. The molecule has 0 aromatic heterocycles. The molecule has 0 saturated heterocycles. The van der Waals surface area contributed by atoms with Gasteiger partial charge in [-0.3, -0.25) is 0 Å². The van der Waals surface area contributed by atoms with Crippen molar-refractivity contribution in [1.29, 1.82) is 0 Å². The van der Waals surface area contributed by atoms with Crippen LogP contribution in [-0.2, 0) is 6.54 Å². The summed E-state index contributed by atoms with van der Waals surface area (Å²) in [6.07, 6.45) is 0. The van der Waals surface area contributed by atoms with Crippen molar-refractivity contribution < 1.29 is 13.2 Å². The molecule has 2 rings (SSSR count). The lowest BCUT2D eigenvalue weighted by Crippen LogP contribution is -2.05. The van der Waals surface area contributed by atoms with E-state index >= 15 is 0 Å². The van der Waals surface area contributed by atoms with Crippen molar-refractivity contribution in [2.75, 3.05) is 5.32 Å². The molecule has 0 aliphatic carbocycles. The number of benzene rings is 2. The third-order valence-corrected chi connectivity index (χ3v) is 3.06. The molecule has 2 aromatic carbocycles. The van der Waals surface area contributed by atoms with Crippen LogP contribution in [0.25, 0.3) is 0 Å². The normalized spacial score (nSPS) is 10.4. The highest BCUT2D eigenvalue weighted by Crippen LogP contribution is 2.22. The zero-order chi connectivity index (χ0) is 13.1. The van der Waals surface area contributed by atoms with E-state index in [1.54, 1.807) is 0 Å². The molecule has 5 heteroatoms. The Kier molecular flexibility index (Phi) is 3.91. The first kappa shape index (κ1) is 13.0. The molecule has 94 valence electrons. The Morgan fingerprint density at radius 3 is 2.28 bits per heavy atom. The Morgan fingerprint density at radius 2 is 1.61 bits per heavy atom. The van der Waals surface area contributed by atoms with E-state index in [1.165, 1.54) is 36.4 Å². The Labute approximate surface area is 111 Å². The van der Waals surface area contributed by atoms with Gasteiger partial charge in [-0.25, -0.2) is 13.2 Å². The van der Waals surface area contributed by atoms with Gasteiger partial charge in [0.25, 0.3) is 0 Å². The second-order valence-corrected chi connectivity index (χ2v) is 4.54. The van der Waals surface area contributed by atoms with E-state index in [1.807, 2.05) is 0 Å². The van der Waals surface area contributed by atoms with Crippen LogP contribution in [0.1, 0.15) is 5.56 Å². The summed E-state index contributed by atoms with van der Waals surface area (Å²) in [5.74, 6) is -1.62. The molecule has 0 spiro atoms. The van der Waals surface area contributed by atoms with Gasteiger partial charge >= 0.3 is 0 Å². The molecule has 0 fully saturated rings. The van der Waals surface area contributed by atoms with Gasteiger partial charge in [-0.15, -0.1) is 0 Å². The van der Waals surface area contributed by atoms with Crippen LogP contribution in [0.3, 0.4) is 0 Å². The molecule has 18 heavy (non-hydrogen) atoms. The van der Waals surface area contributed by atoms with Crippen LogP contribution in [0.4, 0.5) is 18.9 Å². The highest BCUT2D eigenvalue weighted by Gasteiger charge is 2.11. The maximum absolute atomic E-state index is 13.6. The van der Waals surface area contributed by atoms with Gasteiger partial charge in [0, 0.05) is 17.8 Å². The molecule has 2 aromatic rings. The lowest BCUT2D eigenvalue weighted by Gasteiger charge is -2.09. The van der Waals surface area contributed by atoms with Crippen LogP contribution in [0.5, 0.6) is 0 Å². The molecule has 1 nitrogen and oxygen atoms in total. The monoisotopic (exact) mass is 315 g/mol. The molecule has 0 aliphatic heterocycles. The minimum absolute atomic E-state index is 0.0112. The van der Waals surface area contributed by atoms with E-state index in [4.69, 9.17) is 0 Å². The second-order valence-electron chi connectivity index (χ2n) is 3.68. The third kappa shape index (κ3) is 2.85. The van der Waals surface area contributed by atoms with Crippen molar-refractivity contribution in [3.63, 3.8) is 0 Å². The second kappa shape index (κ2) is 5.44. The molecule has 0 heterocycles. The SMILES string of the molecule is Fc1ccc(NCc2c(F)ccc(Br)c2F)cc1. The first-order valence-corrected chi connectivity index (χ1v) is 5.99. The Bertz CT molecular complexity index is 555. The van der Waals surface area contributed by atoms with Crippen molar-refractivity contribution in [2.24, 2.45) is 0 Å². The molecule has 0 amide bonds. The molecule has 0 aliphatic rings. The first-order valence-electron chi connectivity index (χ1n) is 5.20. The number of rotatable bonds is 3. The topological polar surface area (TPSA) is 12.0 Å². The lowest BCUT2D eigenvalue weighted by atomic mass is 10.2. The Balaban J connectivity index is 2.15. The van der Waals surface area contributed by atoms with E-state index in [0.717, 1.165) is 0 Å². The summed E-state index contributed by atoms with van der Waals surface area (Å²) in [6.45, 7) is -0.0112. The maximum atomic E-state index is 13.6. The van der Waals surface area contributed by atoms with Gasteiger partial charge in [0.1, 0.15) is 17.5 Å². The highest BCUT2D eigenvalue weighted by atomic mass is 79.9. The maximum Gasteiger partial charge on any atom is 0.145 e. The van der Waals surface area contributed by atoms with Crippen LogP contribution in [0, 0.1) is 17.5 Å². The Hall–Kier alpha value is -1.49. The van der Waals surface area contributed by atoms with E-state index in [9.17, 15) is 13.2 Å². The summed E-state index contributed by atoms with van der Waals surface area (Å²) in [5, 5.41) is 2.83. The standard InChI is InChI=1S/C13H9BrF3N/c14-11-5-6-12(16)10(13(11)17)7-18-9-3-1-8(15)2-4-9/h1-6,18H,7H2. The zero-order valence-corrected chi connectivity index (χ0v) is 10.8. The molecule has 0 radical (unpaired) electrons. The average Bonchev–Trinajstić information content (AvgIpc) is 2.36. The van der Waals surface area contributed by atoms with Gasteiger partial charge in [-0.2, -0.15) is 0 Å². The summed E-state index contributed by atoms with van der Waals surface area (Å²) >= 11 is 3.00. The number of hydrogen-bond acceptors (Lipinski definition) is 1. The summed E-state index contributed by atoms with van der Waals surface area (Å²) in [7, 11) is 0. The smallest absolute Gasteiger partial charge is 0.145 e. The summed E-state index contributed by atoms with van der Waals surface area (Å²) in [6, 6.07) is 8.05. The summed E-state index contributed by atoms with van der Waals surface area (Å²) in [4.78, 5) is 0. The lowest BCUT2D eigenvalue weighted by molar-refractivity contribution is 0.555. The van der Waals surface area contributed by atoms with Gasteiger partial charge in [0.2, 0.25) is 0 Å². The van der Waals surface area contributed by atoms with E-state index in [-0.39, 0.29) is 22.4 Å². The van der Waals surface area contributed by atoms with Crippen LogP contribution in [0.2, 0.25) is 0 Å². The first-order chi connectivity index (χ1) is 8.58. The van der Waals surface area contributed by atoms with Crippen molar-refractivity contribution in [3.05, 3.63) is 63.9 Å². The minimum atomic E-state index is -0.635. The molecule has 0 saturated carbocycles. The highest BCUT2D eigenvalue weighted by molar-refractivity contribution is 9.10. The van der Waals surface area contributed by atoms with Crippen molar-refractivity contribution in [1.82, 2.24) is 0 Å². The van der Waals surface area contributed by atoms with Crippen molar-refractivity contribution in [2.45, 2.75) is 6.54 Å². The van der Waals surface area contributed by atoms with Crippen LogP contribution >= 0.6 is 15.9 Å². The molecular formula is C13H9BrF3N. The number of anilines is 1. The van der Waals surface area contributed by atoms with Crippen LogP contribution < -0.4 is 5.32 Å². The molecule has 0 bridgehead atoms. The van der Waals surface area contributed by atoms with Gasteiger partial charge in [-0.1, -0.05) is 0 Å². The molecular weight excluding hydrogens is 307 g/mol. The predicted octanol–water partition coefficient (Wildman–Crippen LogP) is 4.48. The predicted molar refractivity (Wildman–Crippen MR) is 67.8 cm³/mol. The van der Waals surface area contributed by atoms with Crippen LogP contribution in [-0.4, -0.2) is 0 Å². The molecule has 1 N–H and O–H groups in total. The summed E-state index contributed by atoms with van der Waals surface area (Å²) in [5.41, 5.74) is 0.531. The summed E-state index contributed by atoms with van der Waals surface area (Å²) < 4.78 is 40.0. The zero-order valence-electron chi connectivity index (χ0n) is 9.18. The van der Waals surface area contributed by atoms with Gasteiger partial charge in [0.05, 0.1) is 4.47 Å². The van der Waals surface area contributed by atoms with Crippen molar-refractivity contribution >= 4 is 21.6 Å². The number of nitrogens with one attached hydrogen (secondary N) is 1. The fourth-order valence-corrected chi connectivity index (χ4v) is 1.86. The van der Waals surface area contributed by atoms with E-state index < -0.39 is 11.6 Å². The van der Waals surface area contributed by atoms with Crippen molar-refractivity contribution in [3.8, 4) is 0 Å². The largest absolute Gasteiger partial charge is 0.381 e. The number of hydrogen-bond donors (Lipinski definition) is 1. The quantitative estimate of drug-likeness (QED) is 0.823. The van der Waals surface area contributed by atoms with Gasteiger partial charge in [-0.05, 0) is 52.3 Å². The fraction of sp³-hybridized carbons (Fsp3) is 0.0769. The Morgan fingerprint density at radius 1 is 0.944 bits per heavy atom. The van der Waals surface area contributed by atoms with Gasteiger partial charge < -0.3 is 5.32 Å². The minimum Gasteiger partial charge on any atom is -0.381 e. The van der Waals surface area contributed by atoms with Crippen LogP contribution in [0.15, 0.2) is 40.9 Å². The average molecular weight is 316 g/mol. The third-order valence-electron chi connectivity index (χ3n) is 2.45. The van der Waals surface area contributed by atoms with Gasteiger partial charge in [0.15, 0.2) is 0 Å². The molecule has 0 unspecified atom stereocenters. The molecule has 0 atom stereocenters. The fourth-order valence-electron chi connectivity index (χ4n) is 1.49. The van der Waals surface area contributed by atoms with E-state index in [0.29, 0.717) is 5.69 Å².